The molecule has 1 heterocycles. The molecule has 0 saturated carbocycles. The summed E-state index contributed by atoms with van der Waals surface area (Å²) in [6, 6.07) is -0.691. The van der Waals surface area contributed by atoms with E-state index in [4.69, 9.17) is 9.84 Å². The molecule has 1 saturated heterocycles. The van der Waals surface area contributed by atoms with E-state index < -0.39 is 30.7 Å². The Hall–Kier alpha value is -1.31. The molecule has 0 aromatic carbocycles. The van der Waals surface area contributed by atoms with E-state index in [2.05, 4.69) is 0 Å². The van der Waals surface area contributed by atoms with Crippen molar-refractivity contribution in [2.24, 2.45) is 0 Å². The van der Waals surface area contributed by atoms with Gasteiger partial charge in [0.1, 0.15) is 6.61 Å². The standard InChI is InChI=1S/C9H12F3NO4/c10-9(11,12)8(16)13-3-1-2-6(13)4-17-5-7(14)15/h6H,1-5H2,(H,14,15). The van der Waals surface area contributed by atoms with Crippen molar-refractivity contribution < 1.29 is 32.6 Å². The summed E-state index contributed by atoms with van der Waals surface area (Å²) in [5.41, 5.74) is 0. The van der Waals surface area contributed by atoms with Crippen molar-refractivity contribution in [1.82, 2.24) is 4.90 Å². The van der Waals surface area contributed by atoms with Gasteiger partial charge in [-0.25, -0.2) is 4.79 Å². The fraction of sp³-hybridized carbons (Fsp3) is 0.778. The molecule has 1 aliphatic heterocycles. The number of hydrogen-bond donors (Lipinski definition) is 1. The Morgan fingerprint density at radius 1 is 1.41 bits per heavy atom. The second kappa shape index (κ2) is 5.35. The molecule has 0 bridgehead atoms. The van der Waals surface area contributed by atoms with Crippen LogP contribution in [0, 0.1) is 0 Å². The molecule has 1 aliphatic rings. The normalized spacial score (nSPS) is 20.6. The third-order valence-corrected chi connectivity index (χ3v) is 2.42. The van der Waals surface area contributed by atoms with E-state index in [0.717, 1.165) is 0 Å². The van der Waals surface area contributed by atoms with Crippen molar-refractivity contribution in [3.8, 4) is 0 Å². The summed E-state index contributed by atoms with van der Waals surface area (Å²) >= 11 is 0. The van der Waals surface area contributed by atoms with Crippen molar-refractivity contribution in [2.75, 3.05) is 19.8 Å². The second-order valence-electron chi connectivity index (χ2n) is 3.70. The fourth-order valence-electron chi connectivity index (χ4n) is 1.72. The van der Waals surface area contributed by atoms with E-state index in [1.54, 1.807) is 0 Å². The van der Waals surface area contributed by atoms with Crippen LogP contribution in [0.15, 0.2) is 0 Å². The van der Waals surface area contributed by atoms with Gasteiger partial charge in [-0.05, 0) is 12.8 Å². The average molecular weight is 255 g/mol. The number of nitrogens with zero attached hydrogens (tertiary/aromatic N) is 1. The molecule has 1 unspecified atom stereocenters. The van der Waals surface area contributed by atoms with Crippen LogP contribution in [-0.4, -0.2) is 53.9 Å². The van der Waals surface area contributed by atoms with Crippen LogP contribution in [0.1, 0.15) is 12.8 Å². The highest BCUT2D eigenvalue weighted by Gasteiger charge is 2.45. The molecule has 17 heavy (non-hydrogen) atoms. The number of amides is 1. The number of carbonyl (C=O) groups is 2. The molecule has 8 heteroatoms. The molecule has 5 nitrogen and oxygen atoms in total. The number of carbonyl (C=O) groups excluding carboxylic acids is 1. The smallest absolute Gasteiger partial charge is 0.471 e. The second-order valence-corrected chi connectivity index (χ2v) is 3.70. The van der Waals surface area contributed by atoms with Gasteiger partial charge in [-0.3, -0.25) is 4.79 Å². The van der Waals surface area contributed by atoms with Crippen molar-refractivity contribution in [2.45, 2.75) is 25.1 Å². The Morgan fingerprint density at radius 2 is 2.06 bits per heavy atom. The predicted octanol–water partition coefficient (Wildman–Crippen LogP) is 0.641. The summed E-state index contributed by atoms with van der Waals surface area (Å²) in [6.07, 6.45) is -4.04. The Labute approximate surface area is 95.1 Å². The number of rotatable bonds is 4. The lowest BCUT2D eigenvalue weighted by Gasteiger charge is -2.25. The number of carboxylic acid groups (broad SMARTS) is 1. The Morgan fingerprint density at radius 3 is 2.59 bits per heavy atom. The Kier molecular flexibility index (Phi) is 4.33. The highest BCUT2D eigenvalue weighted by molar-refractivity contribution is 5.82. The summed E-state index contributed by atoms with van der Waals surface area (Å²) in [5.74, 6) is -3.09. The van der Waals surface area contributed by atoms with Crippen LogP contribution in [0.25, 0.3) is 0 Å². The molecule has 0 aromatic rings. The van der Waals surface area contributed by atoms with Gasteiger partial charge in [0, 0.05) is 6.54 Å². The van der Waals surface area contributed by atoms with Crippen LogP contribution in [0.2, 0.25) is 0 Å². The van der Waals surface area contributed by atoms with E-state index in [-0.39, 0.29) is 13.2 Å². The van der Waals surface area contributed by atoms with Crippen molar-refractivity contribution >= 4 is 11.9 Å². The van der Waals surface area contributed by atoms with Crippen LogP contribution in [0.3, 0.4) is 0 Å². The zero-order chi connectivity index (χ0) is 13.1. The maximum atomic E-state index is 12.2. The van der Waals surface area contributed by atoms with E-state index in [1.165, 1.54) is 0 Å². The minimum Gasteiger partial charge on any atom is -0.480 e. The highest BCUT2D eigenvalue weighted by atomic mass is 19.4. The molecule has 0 spiro atoms. The van der Waals surface area contributed by atoms with Gasteiger partial charge in [-0.15, -0.1) is 0 Å². The molecule has 1 atom stereocenters. The first-order valence-electron chi connectivity index (χ1n) is 4.99. The molecule has 98 valence electrons. The predicted molar refractivity (Wildman–Crippen MR) is 49.2 cm³/mol. The molecular weight excluding hydrogens is 243 g/mol. The number of carboxylic acids is 1. The van der Waals surface area contributed by atoms with Gasteiger partial charge in [-0.2, -0.15) is 13.2 Å². The molecule has 1 rings (SSSR count). The minimum atomic E-state index is -4.89. The number of aliphatic carboxylic acids is 1. The van der Waals surface area contributed by atoms with Gasteiger partial charge in [0.15, 0.2) is 0 Å². The van der Waals surface area contributed by atoms with E-state index in [9.17, 15) is 22.8 Å². The van der Waals surface area contributed by atoms with Crippen molar-refractivity contribution in [1.29, 1.82) is 0 Å². The summed E-state index contributed by atoms with van der Waals surface area (Å²) < 4.78 is 41.3. The Balaban J connectivity index is 2.49. The van der Waals surface area contributed by atoms with Crippen LogP contribution in [-0.2, 0) is 14.3 Å². The Bertz CT molecular complexity index is 305. The molecule has 0 aliphatic carbocycles. The highest BCUT2D eigenvalue weighted by Crippen LogP contribution is 2.25. The monoisotopic (exact) mass is 255 g/mol. The third-order valence-electron chi connectivity index (χ3n) is 2.42. The maximum Gasteiger partial charge on any atom is 0.471 e. The first kappa shape index (κ1) is 13.8. The molecule has 0 aromatic heterocycles. The van der Waals surface area contributed by atoms with Crippen LogP contribution in [0.5, 0.6) is 0 Å². The molecule has 0 radical (unpaired) electrons. The van der Waals surface area contributed by atoms with Crippen LogP contribution in [0.4, 0.5) is 13.2 Å². The maximum absolute atomic E-state index is 12.2. The topological polar surface area (TPSA) is 66.8 Å². The third kappa shape index (κ3) is 3.88. The lowest BCUT2D eigenvalue weighted by molar-refractivity contribution is -0.187. The van der Waals surface area contributed by atoms with Gasteiger partial charge in [-0.1, -0.05) is 0 Å². The number of ether oxygens (including phenoxy) is 1. The largest absolute Gasteiger partial charge is 0.480 e. The first-order chi connectivity index (χ1) is 7.82. The lowest BCUT2D eigenvalue weighted by atomic mass is 10.2. The minimum absolute atomic E-state index is 0.0272. The van der Waals surface area contributed by atoms with Gasteiger partial charge in [0.25, 0.3) is 0 Å². The molecule has 1 amide bonds. The zero-order valence-corrected chi connectivity index (χ0v) is 8.87. The first-order valence-corrected chi connectivity index (χ1v) is 4.99. The SMILES string of the molecule is O=C(O)COCC1CCCN1C(=O)C(F)(F)F. The fourth-order valence-corrected chi connectivity index (χ4v) is 1.72. The average Bonchev–Trinajstić information content (AvgIpc) is 2.62. The van der Waals surface area contributed by atoms with E-state index in [1.807, 2.05) is 0 Å². The number of hydrogen-bond acceptors (Lipinski definition) is 3. The molecule has 1 fully saturated rings. The lowest BCUT2D eigenvalue weighted by Crippen LogP contribution is -2.45. The van der Waals surface area contributed by atoms with Crippen LogP contribution < -0.4 is 0 Å². The van der Waals surface area contributed by atoms with Crippen LogP contribution >= 0.6 is 0 Å². The quantitative estimate of drug-likeness (QED) is 0.800. The molecule has 1 N–H and O–H groups in total. The van der Waals surface area contributed by atoms with Gasteiger partial charge in [0.05, 0.1) is 12.6 Å². The van der Waals surface area contributed by atoms with Gasteiger partial charge in [0.2, 0.25) is 0 Å². The summed E-state index contributed by atoms with van der Waals surface area (Å²) in [5, 5.41) is 8.31. The summed E-state index contributed by atoms with van der Waals surface area (Å²) in [6.45, 7) is -0.738. The summed E-state index contributed by atoms with van der Waals surface area (Å²) in [7, 11) is 0. The van der Waals surface area contributed by atoms with Gasteiger partial charge < -0.3 is 14.7 Å². The zero-order valence-electron chi connectivity index (χ0n) is 8.87. The van der Waals surface area contributed by atoms with Crippen molar-refractivity contribution in [3.63, 3.8) is 0 Å². The van der Waals surface area contributed by atoms with Crippen molar-refractivity contribution in [3.05, 3.63) is 0 Å². The van der Waals surface area contributed by atoms with E-state index in [0.29, 0.717) is 17.7 Å². The van der Waals surface area contributed by atoms with Gasteiger partial charge >= 0.3 is 18.1 Å². The number of alkyl halides is 3. The summed E-state index contributed by atoms with van der Waals surface area (Å²) in [4.78, 5) is 21.9. The molecular formula is C9H12F3NO4. The number of halogens is 3. The number of likely N-dealkylation sites (tertiary alicyclic amines) is 1. The van der Waals surface area contributed by atoms with E-state index >= 15 is 0 Å².